The van der Waals surface area contributed by atoms with Gasteiger partial charge in [-0.25, -0.2) is 4.39 Å². The summed E-state index contributed by atoms with van der Waals surface area (Å²) in [6.45, 7) is 4.05. The van der Waals surface area contributed by atoms with Gasteiger partial charge in [-0.3, -0.25) is 10.1 Å². The minimum Gasteiger partial charge on any atom is -0.330 e. The standard InChI is InChI=1S/C11H15FN2O2/c1-11(2,5-6-13)9-7-8(12)3-4-10(9)14(15)16/h3-4,7H,5-6,13H2,1-2H3. The summed E-state index contributed by atoms with van der Waals surface area (Å²) in [6.07, 6.45) is 0.567. The third-order valence-corrected chi connectivity index (χ3v) is 2.65. The fourth-order valence-corrected chi connectivity index (χ4v) is 1.71. The predicted octanol–water partition coefficient (Wildman–Crippen LogP) is 2.36. The number of nitro groups is 1. The molecular weight excluding hydrogens is 211 g/mol. The van der Waals surface area contributed by atoms with Crippen LogP contribution in [-0.2, 0) is 5.41 Å². The summed E-state index contributed by atoms with van der Waals surface area (Å²) in [6, 6.07) is 3.51. The molecule has 0 bridgehead atoms. The summed E-state index contributed by atoms with van der Waals surface area (Å²) < 4.78 is 13.1. The van der Waals surface area contributed by atoms with Gasteiger partial charge in [0, 0.05) is 11.6 Å². The molecule has 0 heterocycles. The number of nitrogens with zero attached hydrogens (tertiary/aromatic N) is 1. The number of nitrogens with two attached hydrogens (primary N) is 1. The average Bonchev–Trinajstić information content (AvgIpc) is 2.17. The van der Waals surface area contributed by atoms with E-state index in [1.165, 1.54) is 12.1 Å². The Kier molecular flexibility index (Phi) is 3.59. The summed E-state index contributed by atoms with van der Waals surface area (Å²) in [5, 5.41) is 10.8. The molecule has 0 aromatic heterocycles. The summed E-state index contributed by atoms with van der Waals surface area (Å²) in [7, 11) is 0. The van der Waals surface area contributed by atoms with Crippen LogP contribution in [0.5, 0.6) is 0 Å². The molecule has 0 amide bonds. The highest BCUT2D eigenvalue weighted by Crippen LogP contribution is 2.34. The maximum atomic E-state index is 13.1. The lowest BCUT2D eigenvalue weighted by atomic mass is 9.80. The molecule has 1 rings (SSSR count). The molecule has 0 aliphatic heterocycles. The molecule has 1 aromatic rings. The van der Waals surface area contributed by atoms with Crippen LogP contribution in [0, 0.1) is 15.9 Å². The van der Waals surface area contributed by atoms with Crippen LogP contribution in [0.15, 0.2) is 18.2 Å². The number of nitro benzene ring substituents is 1. The van der Waals surface area contributed by atoms with Crippen molar-refractivity contribution in [3.05, 3.63) is 39.7 Å². The van der Waals surface area contributed by atoms with Gasteiger partial charge in [0.25, 0.3) is 5.69 Å². The second-order valence-electron chi connectivity index (χ2n) is 4.34. The van der Waals surface area contributed by atoms with E-state index in [-0.39, 0.29) is 5.69 Å². The third-order valence-electron chi connectivity index (χ3n) is 2.65. The van der Waals surface area contributed by atoms with Gasteiger partial charge in [0.2, 0.25) is 0 Å². The Hall–Kier alpha value is -1.49. The normalized spacial score (nSPS) is 11.5. The first-order chi connectivity index (χ1) is 7.38. The van der Waals surface area contributed by atoms with Crippen LogP contribution in [-0.4, -0.2) is 11.5 Å². The van der Waals surface area contributed by atoms with E-state index in [1.807, 2.05) is 13.8 Å². The lowest BCUT2D eigenvalue weighted by molar-refractivity contribution is -0.386. The van der Waals surface area contributed by atoms with Crippen molar-refractivity contribution in [2.24, 2.45) is 5.73 Å². The maximum Gasteiger partial charge on any atom is 0.273 e. The molecule has 0 spiro atoms. The van der Waals surface area contributed by atoms with Crippen molar-refractivity contribution in [3.63, 3.8) is 0 Å². The molecular formula is C11H15FN2O2. The van der Waals surface area contributed by atoms with Crippen LogP contribution < -0.4 is 5.73 Å². The summed E-state index contributed by atoms with van der Waals surface area (Å²) in [5.74, 6) is -0.467. The molecule has 16 heavy (non-hydrogen) atoms. The summed E-state index contributed by atoms with van der Waals surface area (Å²) in [5.41, 5.74) is 5.29. The Morgan fingerprint density at radius 2 is 2.12 bits per heavy atom. The molecule has 5 heteroatoms. The fourth-order valence-electron chi connectivity index (χ4n) is 1.71. The highest BCUT2D eigenvalue weighted by atomic mass is 19.1. The largest absolute Gasteiger partial charge is 0.330 e. The van der Waals surface area contributed by atoms with Crippen LogP contribution in [0.4, 0.5) is 10.1 Å². The maximum absolute atomic E-state index is 13.1. The van der Waals surface area contributed by atoms with Crippen LogP contribution in [0.2, 0.25) is 0 Å². The van der Waals surface area contributed by atoms with E-state index in [2.05, 4.69) is 0 Å². The zero-order valence-electron chi connectivity index (χ0n) is 9.37. The zero-order chi connectivity index (χ0) is 12.3. The van der Waals surface area contributed by atoms with Gasteiger partial charge in [0.05, 0.1) is 4.92 Å². The quantitative estimate of drug-likeness (QED) is 0.633. The second kappa shape index (κ2) is 4.57. The minimum atomic E-state index is -0.501. The third kappa shape index (κ3) is 2.55. The van der Waals surface area contributed by atoms with Gasteiger partial charge >= 0.3 is 0 Å². The van der Waals surface area contributed by atoms with Crippen LogP contribution in [0.3, 0.4) is 0 Å². The first-order valence-electron chi connectivity index (χ1n) is 5.03. The van der Waals surface area contributed by atoms with E-state index >= 15 is 0 Å². The molecule has 0 fully saturated rings. The van der Waals surface area contributed by atoms with E-state index in [4.69, 9.17) is 5.73 Å². The number of rotatable bonds is 4. The van der Waals surface area contributed by atoms with Crippen molar-refractivity contribution in [2.75, 3.05) is 6.54 Å². The summed E-state index contributed by atoms with van der Waals surface area (Å²) in [4.78, 5) is 10.3. The van der Waals surface area contributed by atoms with E-state index in [9.17, 15) is 14.5 Å². The van der Waals surface area contributed by atoms with E-state index < -0.39 is 16.2 Å². The zero-order valence-corrected chi connectivity index (χ0v) is 9.37. The molecule has 0 aliphatic carbocycles. The average molecular weight is 226 g/mol. The minimum absolute atomic E-state index is 0.0557. The number of hydrogen-bond donors (Lipinski definition) is 1. The molecule has 4 nitrogen and oxygen atoms in total. The first kappa shape index (κ1) is 12.6. The number of benzene rings is 1. The Morgan fingerprint density at radius 3 is 2.62 bits per heavy atom. The smallest absolute Gasteiger partial charge is 0.273 e. The molecule has 2 N–H and O–H groups in total. The molecule has 1 aromatic carbocycles. The lowest BCUT2D eigenvalue weighted by Crippen LogP contribution is -2.23. The van der Waals surface area contributed by atoms with Gasteiger partial charge in [0.1, 0.15) is 5.82 Å². The van der Waals surface area contributed by atoms with Gasteiger partial charge in [0.15, 0.2) is 0 Å². The van der Waals surface area contributed by atoms with Crippen molar-refractivity contribution < 1.29 is 9.31 Å². The van der Waals surface area contributed by atoms with Crippen molar-refractivity contribution in [1.82, 2.24) is 0 Å². The summed E-state index contributed by atoms with van der Waals surface area (Å²) >= 11 is 0. The molecule has 0 saturated heterocycles. The monoisotopic (exact) mass is 226 g/mol. The fraction of sp³-hybridized carbons (Fsp3) is 0.455. The molecule has 88 valence electrons. The van der Waals surface area contributed by atoms with Gasteiger partial charge in [-0.15, -0.1) is 0 Å². The highest BCUT2D eigenvalue weighted by Gasteiger charge is 2.28. The molecule has 0 atom stereocenters. The van der Waals surface area contributed by atoms with E-state index in [0.717, 1.165) is 6.07 Å². The van der Waals surface area contributed by atoms with Crippen LogP contribution in [0.1, 0.15) is 25.8 Å². The molecule has 0 unspecified atom stereocenters. The number of hydrogen-bond acceptors (Lipinski definition) is 3. The molecule has 0 radical (unpaired) electrons. The van der Waals surface area contributed by atoms with Crippen LogP contribution in [0.25, 0.3) is 0 Å². The van der Waals surface area contributed by atoms with Crippen molar-refractivity contribution in [1.29, 1.82) is 0 Å². The SMILES string of the molecule is CC(C)(CCN)c1cc(F)ccc1[N+](=O)[O-]. The van der Waals surface area contributed by atoms with Gasteiger partial charge in [-0.1, -0.05) is 13.8 Å². The van der Waals surface area contributed by atoms with E-state index in [1.54, 1.807) is 0 Å². The predicted molar refractivity (Wildman–Crippen MR) is 59.8 cm³/mol. The lowest BCUT2D eigenvalue weighted by Gasteiger charge is -2.24. The number of halogens is 1. The van der Waals surface area contributed by atoms with Gasteiger partial charge in [-0.2, -0.15) is 0 Å². The molecule has 0 aliphatic rings. The second-order valence-corrected chi connectivity index (χ2v) is 4.34. The topological polar surface area (TPSA) is 69.2 Å². The Labute approximate surface area is 93.4 Å². The molecule has 0 saturated carbocycles. The van der Waals surface area contributed by atoms with Gasteiger partial charge in [-0.05, 0) is 30.5 Å². The van der Waals surface area contributed by atoms with Gasteiger partial charge < -0.3 is 5.73 Å². The highest BCUT2D eigenvalue weighted by molar-refractivity contribution is 5.44. The van der Waals surface area contributed by atoms with Crippen LogP contribution >= 0.6 is 0 Å². The Balaban J connectivity index is 3.29. The Morgan fingerprint density at radius 1 is 1.50 bits per heavy atom. The van der Waals surface area contributed by atoms with E-state index in [0.29, 0.717) is 18.5 Å². The Bertz CT molecular complexity index is 405. The van der Waals surface area contributed by atoms with Crippen molar-refractivity contribution >= 4 is 5.69 Å². The first-order valence-corrected chi connectivity index (χ1v) is 5.03. The van der Waals surface area contributed by atoms with Crippen molar-refractivity contribution in [2.45, 2.75) is 25.7 Å². The van der Waals surface area contributed by atoms with Crippen molar-refractivity contribution in [3.8, 4) is 0 Å².